The quantitative estimate of drug-likeness (QED) is 0.720. The van der Waals surface area contributed by atoms with Crippen LogP contribution in [0.15, 0.2) is 31.0 Å². The molecule has 3 aromatic heterocycles. The molecular weight excluding hydrogens is 352 g/mol. The van der Waals surface area contributed by atoms with Gasteiger partial charge in [-0.25, -0.2) is 18.7 Å². The van der Waals surface area contributed by atoms with Crippen LogP contribution in [0.4, 0.5) is 26.4 Å². The molecule has 0 saturated heterocycles. The molecule has 0 aliphatic rings. The van der Waals surface area contributed by atoms with Crippen molar-refractivity contribution >= 4 is 29.2 Å². The first kappa shape index (κ1) is 17.0. The highest BCUT2D eigenvalue weighted by Crippen LogP contribution is 2.24. The fourth-order valence-corrected chi connectivity index (χ4v) is 2.27. The highest BCUT2D eigenvalue weighted by atomic mass is 35.5. The Bertz CT molecular complexity index is 899. The summed E-state index contributed by atoms with van der Waals surface area (Å²) in [6, 6.07) is 0.196. The average Bonchev–Trinajstić information content (AvgIpc) is 2.95. The Labute approximate surface area is 147 Å². The molecular formula is C15H14ClF2N7. The Balaban J connectivity index is 1.79. The number of imidazole rings is 1. The van der Waals surface area contributed by atoms with Crippen LogP contribution in [0.3, 0.4) is 0 Å². The summed E-state index contributed by atoms with van der Waals surface area (Å²) in [7, 11) is 1.83. The normalized spacial score (nSPS) is 12.0. The van der Waals surface area contributed by atoms with Crippen LogP contribution in [0.25, 0.3) is 0 Å². The van der Waals surface area contributed by atoms with Crippen LogP contribution in [0.1, 0.15) is 18.7 Å². The molecule has 0 aromatic carbocycles. The fraction of sp³-hybridized carbons (Fsp3) is 0.200. The second-order valence-corrected chi connectivity index (χ2v) is 5.73. The largest absolute Gasteiger partial charge is 0.346 e. The van der Waals surface area contributed by atoms with Crippen molar-refractivity contribution < 1.29 is 8.78 Å². The standard InChI is InChI=1S/C15H14ClF2N7/c1-8(13-11(18)3-9(17)4-19-13)22-15-20-5-10(16)14(24-15)23-12-6-25(2)7-21-12/h3-8H,1-2H3,(H2,20,22,23,24)/t8-/m1/s1. The predicted molar refractivity (Wildman–Crippen MR) is 89.7 cm³/mol. The van der Waals surface area contributed by atoms with E-state index in [1.165, 1.54) is 6.20 Å². The lowest BCUT2D eigenvalue weighted by Gasteiger charge is -2.15. The number of anilines is 3. The lowest BCUT2D eigenvalue weighted by molar-refractivity contribution is 0.550. The summed E-state index contributed by atoms with van der Waals surface area (Å²) < 4.78 is 28.5. The second kappa shape index (κ2) is 6.98. The van der Waals surface area contributed by atoms with Gasteiger partial charge in [0.25, 0.3) is 0 Å². The number of pyridine rings is 1. The Kier molecular flexibility index (Phi) is 4.75. The zero-order valence-corrected chi connectivity index (χ0v) is 14.1. The van der Waals surface area contributed by atoms with E-state index in [4.69, 9.17) is 11.6 Å². The Morgan fingerprint density at radius 1 is 1.20 bits per heavy atom. The molecule has 0 spiro atoms. The maximum atomic E-state index is 13.8. The van der Waals surface area contributed by atoms with Gasteiger partial charge in [-0.05, 0) is 6.92 Å². The number of rotatable bonds is 5. The molecule has 25 heavy (non-hydrogen) atoms. The van der Waals surface area contributed by atoms with E-state index in [1.54, 1.807) is 24.0 Å². The topological polar surface area (TPSA) is 80.5 Å². The first-order valence-corrected chi connectivity index (χ1v) is 7.65. The number of nitrogens with zero attached hydrogens (tertiary/aromatic N) is 5. The van der Waals surface area contributed by atoms with E-state index in [0.29, 0.717) is 16.7 Å². The number of hydrogen-bond acceptors (Lipinski definition) is 6. The van der Waals surface area contributed by atoms with Gasteiger partial charge in [0, 0.05) is 19.3 Å². The molecule has 0 saturated carbocycles. The van der Waals surface area contributed by atoms with Gasteiger partial charge in [-0.1, -0.05) is 11.6 Å². The molecule has 0 aliphatic carbocycles. The van der Waals surface area contributed by atoms with Gasteiger partial charge in [0.05, 0.1) is 30.5 Å². The fourth-order valence-electron chi connectivity index (χ4n) is 2.13. The lowest BCUT2D eigenvalue weighted by Crippen LogP contribution is -2.13. The summed E-state index contributed by atoms with van der Waals surface area (Å²) in [4.78, 5) is 16.2. The molecule has 3 rings (SSSR count). The molecule has 0 fully saturated rings. The van der Waals surface area contributed by atoms with Crippen LogP contribution >= 0.6 is 11.6 Å². The zero-order valence-electron chi connectivity index (χ0n) is 13.3. The molecule has 0 amide bonds. The van der Waals surface area contributed by atoms with E-state index in [-0.39, 0.29) is 11.6 Å². The van der Waals surface area contributed by atoms with E-state index in [9.17, 15) is 8.78 Å². The maximum absolute atomic E-state index is 13.8. The first-order chi connectivity index (χ1) is 11.9. The summed E-state index contributed by atoms with van der Waals surface area (Å²) >= 11 is 6.09. The van der Waals surface area contributed by atoms with Crippen LogP contribution in [-0.2, 0) is 7.05 Å². The van der Waals surface area contributed by atoms with Gasteiger partial charge in [-0.15, -0.1) is 0 Å². The van der Waals surface area contributed by atoms with Gasteiger partial charge >= 0.3 is 0 Å². The number of aryl methyl sites for hydroxylation is 1. The van der Waals surface area contributed by atoms with Crippen LogP contribution in [0, 0.1) is 11.6 Å². The van der Waals surface area contributed by atoms with E-state index in [0.717, 1.165) is 12.3 Å². The van der Waals surface area contributed by atoms with Gasteiger partial charge in [-0.3, -0.25) is 4.98 Å². The van der Waals surface area contributed by atoms with Crippen LogP contribution in [0.2, 0.25) is 5.02 Å². The smallest absolute Gasteiger partial charge is 0.225 e. The summed E-state index contributed by atoms with van der Waals surface area (Å²) in [5.74, 6) is -0.370. The van der Waals surface area contributed by atoms with Crippen LogP contribution in [0.5, 0.6) is 0 Å². The average molecular weight is 366 g/mol. The van der Waals surface area contributed by atoms with Gasteiger partial charge in [0.2, 0.25) is 5.95 Å². The van der Waals surface area contributed by atoms with E-state index < -0.39 is 17.7 Å². The van der Waals surface area contributed by atoms with Gasteiger partial charge in [0.15, 0.2) is 5.82 Å². The molecule has 2 N–H and O–H groups in total. The minimum atomic E-state index is -0.749. The summed E-state index contributed by atoms with van der Waals surface area (Å²) in [5.41, 5.74) is 0.0548. The third kappa shape index (κ3) is 4.00. The molecule has 0 unspecified atom stereocenters. The van der Waals surface area contributed by atoms with Crippen molar-refractivity contribution in [3.8, 4) is 0 Å². The van der Waals surface area contributed by atoms with Gasteiger partial charge in [0.1, 0.15) is 22.5 Å². The molecule has 3 heterocycles. The molecule has 0 bridgehead atoms. The Morgan fingerprint density at radius 3 is 2.68 bits per heavy atom. The molecule has 3 aromatic rings. The monoisotopic (exact) mass is 365 g/mol. The maximum Gasteiger partial charge on any atom is 0.225 e. The SMILES string of the molecule is C[C@@H](Nc1ncc(Cl)c(Nc2cn(C)cn2)n1)c1ncc(F)cc1F. The highest BCUT2D eigenvalue weighted by molar-refractivity contribution is 6.32. The van der Waals surface area contributed by atoms with Crippen molar-refractivity contribution in [2.24, 2.45) is 7.05 Å². The number of hydrogen-bond donors (Lipinski definition) is 2. The second-order valence-electron chi connectivity index (χ2n) is 5.33. The van der Waals surface area contributed by atoms with Crippen molar-refractivity contribution in [2.45, 2.75) is 13.0 Å². The van der Waals surface area contributed by atoms with E-state index in [2.05, 4.69) is 30.6 Å². The number of aromatic nitrogens is 5. The predicted octanol–water partition coefficient (Wildman–Crippen LogP) is 3.45. The molecule has 7 nitrogen and oxygen atoms in total. The molecule has 10 heteroatoms. The summed E-state index contributed by atoms with van der Waals surface area (Å²) in [6.07, 6.45) is 5.74. The molecule has 1 atom stereocenters. The third-order valence-corrected chi connectivity index (χ3v) is 3.56. The lowest BCUT2D eigenvalue weighted by atomic mass is 10.2. The zero-order chi connectivity index (χ0) is 18.0. The van der Waals surface area contributed by atoms with Crippen molar-refractivity contribution in [3.05, 3.63) is 53.3 Å². The highest BCUT2D eigenvalue weighted by Gasteiger charge is 2.15. The molecule has 130 valence electrons. The van der Waals surface area contributed by atoms with Crippen molar-refractivity contribution in [1.29, 1.82) is 0 Å². The molecule has 0 radical (unpaired) electrons. The van der Waals surface area contributed by atoms with Crippen molar-refractivity contribution in [2.75, 3.05) is 10.6 Å². The van der Waals surface area contributed by atoms with Gasteiger partial charge in [-0.2, -0.15) is 4.98 Å². The van der Waals surface area contributed by atoms with Crippen LogP contribution in [-0.4, -0.2) is 24.5 Å². The van der Waals surface area contributed by atoms with E-state index >= 15 is 0 Å². The van der Waals surface area contributed by atoms with Gasteiger partial charge < -0.3 is 15.2 Å². The Morgan fingerprint density at radius 2 is 2.00 bits per heavy atom. The third-order valence-electron chi connectivity index (χ3n) is 3.29. The summed E-state index contributed by atoms with van der Waals surface area (Å²) in [6.45, 7) is 1.66. The van der Waals surface area contributed by atoms with E-state index in [1.807, 2.05) is 7.05 Å². The molecule has 0 aliphatic heterocycles. The number of halogens is 3. The van der Waals surface area contributed by atoms with Crippen molar-refractivity contribution in [3.63, 3.8) is 0 Å². The van der Waals surface area contributed by atoms with Crippen molar-refractivity contribution in [1.82, 2.24) is 24.5 Å². The summed E-state index contributed by atoms with van der Waals surface area (Å²) in [5, 5.41) is 6.18. The minimum absolute atomic E-state index is 0.0548. The van der Waals surface area contributed by atoms with Crippen LogP contribution < -0.4 is 10.6 Å². The first-order valence-electron chi connectivity index (χ1n) is 7.27. The minimum Gasteiger partial charge on any atom is -0.346 e. The Hall–Kier alpha value is -2.81. The number of nitrogens with one attached hydrogen (secondary N) is 2.